The Kier molecular flexibility index (Phi) is 3.37. The average molecular weight is 259 g/mol. The number of non-ortho nitro benzene ring substituents is 1. The van der Waals surface area contributed by atoms with Crippen LogP contribution in [0.15, 0.2) is 42.7 Å². The number of nitro groups is 1. The Morgan fingerprint density at radius 1 is 1.37 bits per heavy atom. The van der Waals surface area contributed by atoms with Crippen LogP contribution in [-0.4, -0.2) is 25.8 Å². The van der Waals surface area contributed by atoms with Crippen molar-refractivity contribution in [2.24, 2.45) is 0 Å². The molecule has 1 aromatic heterocycles. The summed E-state index contributed by atoms with van der Waals surface area (Å²) in [6.07, 6.45) is 5.55. The summed E-state index contributed by atoms with van der Waals surface area (Å²) in [7, 11) is 0. The number of nitrogens with zero attached hydrogens (tertiary/aromatic N) is 3. The van der Waals surface area contributed by atoms with Crippen LogP contribution in [0.1, 0.15) is 5.56 Å². The summed E-state index contributed by atoms with van der Waals surface area (Å²) in [5.74, 6) is -1.04. The molecule has 0 unspecified atom stereocenters. The number of rotatable bonds is 4. The number of hydrogen-bond donors (Lipinski definition) is 1. The van der Waals surface area contributed by atoms with E-state index < -0.39 is 10.9 Å². The van der Waals surface area contributed by atoms with Gasteiger partial charge >= 0.3 is 5.97 Å². The van der Waals surface area contributed by atoms with E-state index in [1.165, 1.54) is 29.1 Å². The van der Waals surface area contributed by atoms with Gasteiger partial charge in [-0.3, -0.25) is 10.1 Å². The molecule has 0 amide bonds. The number of carboxylic acid groups (broad SMARTS) is 1. The topological polar surface area (TPSA) is 98.3 Å². The quantitative estimate of drug-likeness (QED) is 0.513. The molecule has 0 radical (unpaired) electrons. The molecule has 2 aromatic rings. The van der Waals surface area contributed by atoms with E-state index in [1.54, 1.807) is 18.3 Å². The van der Waals surface area contributed by atoms with E-state index in [1.807, 2.05) is 0 Å². The lowest BCUT2D eigenvalue weighted by Gasteiger charge is -1.99. The van der Waals surface area contributed by atoms with E-state index in [4.69, 9.17) is 5.11 Å². The molecule has 0 aliphatic rings. The number of carboxylic acids is 1. The smallest absolute Gasteiger partial charge is 0.328 e. The van der Waals surface area contributed by atoms with Crippen molar-refractivity contribution in [2.75, 3.05) is 0 Å². The highest BCUT2D eigenvalue weighted by Gasteiger charge is 2.05. The van der Waals surface area contributed by atoms with E-state index in [2.05, 4.69) is 5.10 Å². The molecule has 0 bridgehead atoms. The maximum atomic E-state index is 10.5. The van der Waals surface area contributed by atoms with E-state index in [-0.39, 0.29) is 5.69 Å². The second-order valence-corrected chi connectivity index (χ2v) is 3.66. The number of nitro benzene ring substituents is 1. The summed E-state index contributed by atoms with van der Waals surface area (Å²) < 4.78 is 1.51. The van der Waals surface area contributed by atoms with Crippen LogP contribution >= 0.6 is 0 Å². The van der Waals surface area contributed by atoms with Gasteiger partial charge in [0, 0.05) is 30.0 Å². The monoisotopic (exact) mass is 259 g/mol. The Labute approximate surface area is 107 Å². The van der Waals surface area contributed by atoms with Crippen molar-refractivity contribution in [3.8, 4) is 5.69 Å². The molecular weight excluding hydrogens is 250 g/mol. The van der Waals surface area contributed by atoms with Gasteiger partial charge in [-0.1, -0.05) is 0 Å². The van der Waals surface area contributed by atoms with Crippen molar-refractivity contribution in [3.63, 3.8) is 0 Å². The molecular formula is C12H9N3O4. The zero-order valence-corrected chi connectivity index (χ0v) is 9.63. The average Bonchev–Trinajstić information content (AvgIpc) is 2.85. The minimum Gasteiger partial charge on any atom is -0.478 e. The van der Waals surface area contributed by atoms with Crippen LogP contribution in [-0.2, 0) is 4.79 Å². The van der Waals surface area contributed by atoms with Crippen LogP contribution < -0.4 is 0 Å². The molecule has 2 rings (SSSR count). The van der Waals surface area contributed by atoms with Crippen molar-refractivity contribution in [3.05, 3.63) is 58.4 Å². The number of aromatic nitrogens is 2. The fourth-order valence-electron chi connectivity index (χ4n) is 1.46. The maximum Gasteiger partial charge on any atom is 0.328 e. The Hall–Kier alpha value is -2.96. The van der Waals surface area contributed by atoms with Crippen molar-refractivity contribution < 1.29 is 14.8 Å². The third kappa shape index (κ3) is 3.03. The number of carbonyl (C=O) groups is 1. The Bertz CT molecular complexity index is 643. The van der Waals surface area contributed by atoms with Gasteiger partial charge in [-0.25, -0.2) is 9.48 Å². The highest BCUT2D eigenvalue weighted by atomic mass is 16.6. The summed E-state index contributed by atoms with van der Waals surface area (Å²) in [4.78, 5) is 20.4. The predicted octanol–water partition coefficient (Wildman–Crippen LogP) is 1.88. The first-order chi connectivity index (χ1) is 9.06. The highest BCUT2D eigenvalue weighted by molar-refractivity contribution is 5.85. The third-order valence-corrected chi connectivity index (χ3v) is 2.35. The second-order valence-electron chi connectivity index (χ2n) is 3.66. The summed E-state index contributed by atoms with van der Waals surface area (Å²) >= 11 is 0. The first-order valence-electron chi connectivity index (χ1n) is 5.27. The third-order valence-electron chi connectivity index (χ3n) is 2.35. The lowest BCUT2D eigenvalue weighted by Crippen LogP contribution is -1.94. The largest absolute Gasteiger partial charge is 0.478 e. The maximum absolute atomic E-state index is 10.5. The van der Waals surface area contributed by atoms with Gasteiger partial charge in [0.15, 0.2) is 0 Å². The van der Waals surface area contributed by atoms with Crippen LogP contribution in [0.3, 0.4) is 0 Å². The molecule has 0 aliphatic carbocycles. The summed E-state index contributed by atoms with van der Waals surface area (Å²) in [6, 6.07) is 5.89. The van der Waals surface area contributed by atoms with E-state index in [0.717, 1.165) is 6.08 Å². The van der Waals surface area contributed by atoms with E-state index in [0.29, 0.717) is 11.3 Å². The standard InChI is InChI=1S/C12H9N3O4/c16-12(17)6-1-9-7-13-14(8-9)10-2-4-11(5-3-10)15(18)19/h1-8H,(H,16,17)/b6-1+. The molecule has 1 N–H and O–H groups in total. The minimum atomic E-state index is -1.04. The van der Waals surface area contributed by atoms with Gasteiger partial charge < -0.3 is 5.11 Å². The Morgan fingerprint density at radius 3 is 2.63 bits per heavy atom. The zero-order chi connectivity index (χ0) is 13.8. The molecule has 7 heteroatoms. The van der Waals surface area contributed by atoms with Crippen molar-refractivity contribution in [1.29, 1.82) is 0 Å². The molecule has 0 saturated carbocycles. The Morgan fingerprint density at radius 2 is 2.05 bits per heavy atom. The van der Waals surface area contributed by atoms with Gasteiger partial charge in [0.2, 0.25) is 0 Å². The van der Waals surface area contributed by atoms with Crippen LogP contribution in [0.2, 0.25) is 0 Å². The summed E-state index contributed by atoms with van der Waals surface area (Å²) in [6.45, 7) is 0. The predicted molar refractivity (Wildman–Crippen MR) is 66.9 cm³/mol. The molecule has 0 aliphatic heterocycles. The molecule has 7 nitrogen and oxygen atoms in total. The zero-order valence-electron chi connectivity index (χ0n) is 9.63. The SMILES string of the molecule is O=C(O)/C=C/c1cnn(-c2ccc([N+](=O)[O-])cc2)c1. The molecule has 0 saturated heterocycles. The first kappa shape index (κ1) is 12.5. The lowest BCUT2D eigenvalue weighted by atomic mass is 10.3. The lowest BCUT2D eigenvalue weighted by molar-refractivity contribution is -0.384. The minimum absolute atomic E-state index is 0.00176. The summed E-state index contributed by atoms with van der Waals surface area (Å²) in [5.41, 5.74) is 1.28. The number of hydrogen-bond acceptors (Lipinski definition) is 4. The molecule has 0 atom stereocenters. The Balaban J connectivity index is 2.23. The highest BCUT2D eigenvalue weighted by Crippen LogP contribution is 2.15. The van der Waals surface area contributed by atoms with Crippen LogP contribution in [0, 0.1) is 10.1 Å². The molecule has 19 heavy (non-hydrogen) atoms. The molecule has 0 fully saturated rings. The van der Waals surface area contributed by atoms with Crippen molar-refractivity contribution in [2.45, 2.75) is 0 Å². The van der Waals surface area contributed by atoms with Crippen LogP contribution in [0.5, 0.6) is 0 Å². The van der Waals surface area contributed by atoms with Crippen LogP contribution in [0.4, 0.5) is 5.69 Å². The molecule has 96 valence electrons. The molecule has 1 aromatic carbocycles. The van der Waals surface area contributed by atoms with Gasteiger partial charge in [-0.2, -0.15) is 5.10 Å². The number of benzene rings is 1. The van der Waals surface area contributed by atoms with Gasteiger partial charge in [-0.05, 0) is 18.2 Å². The van der Waals surface area contributed by atoms with Crippen LogP contribution in [0.25, 0.3) is 11.8 Å². The van der Waals surface area contributed by atoms with Gasteiger partial charge in [0.25, 0.3) is 5.69 Å². The van der Waals surface area contributed by atoms with E-state index >= 15 is 0 Å². The number of aliphatic carboxylic acids is 1. The van der Waals surface area contributed by atoms with Crippen molar-refractivity contribution in [1.82, 2.24) is 9.78 Å². The fraction of sp³-hybridized carbons (Fsp3) is 0. The second kappa shape index (κ2) is 5.13. The normalized spacial score (nSPS) is 10.7. The fourth-order valence-corrected chi connectivity index (χ4v) is 1.46. The van der Waals surface area contributed by atoms with Gasteiger partial charge in [0.05, 0.1) is 16.8 Å². The first-order valence-corrected chi connectivity index (χ1v) is 5.27. The van der Waals surface area contributed by atoms with E-state index in [9.17, 15) is 14.9 Å². The molecule has 0 spiro atoms. The van der Waals surface area contributed by atoms with Crippen molar-refractivity contribution >= 4 is 17.7 Å². The van der Waals surface area contributed by atoms with Gasteiger partial charge in [0.1, 0.15) is 0 Å². The molecule has 1 heterocycles. The summed E-state index contributed by atoms with van der Waals surface area (Å²) in [5, 5.41) is 23.1. The van der Waals surface area contributed by atoms with Gasteiger partial charge in [-0.15, -0.1) is 0 Å².